The molecule has 0 amide bonds. The van der Waals surface area contributed by atoms with Gasteiger partial charge in [-0.2, -0.15) is 9.97 Å². The molecule has 5 atom stereocenters. The first-order chi connectivity index (χ1) is 9.90. The molecule has 0 saturated carbocycles. The molecule has 1 aliphatic rings. The van der Waals surface area contributed by atoms with E-state index in [1.54, 1.807) is 0 Å². The molecule has 0 bridgehead atoms. The Hall–Kier alpha value is -1.72. The van der Waals surface area contributed by atoms with Crippen LogP contribution in [0.4, 0.5) is 11.8 Å². The second kappa shape index (κ2) is 5.82. The lowest BCUT2D eigenvalue weighted by Gasteiger charge is -2.17. The molecule has 3 rings (SSSR count). The molecule has 122 valence electrons. The summed E-state index contributed by atoms with van der Waals surface area (Å²) in [5.41, 5.74) is 11.9. The van der Waals surface area contributed by atoms with Crippen LogP contribution in [-0.4, -0.2) is 59.3 Å². The zero-order valence-corrected chi connectivity index (χ0v) is 12.4. The molecule has 11 heteroatoms. The molecule has 7 N–H and O–H groups in total. The summed E-state index contributed by atoms with van der Waals surface area (Å²) in [4.78, 5) is 11.9. The number of imidazole rings is 1. The van der Waals surface area contributed by atoms with Crippen LogP contribution in [0.2, 0.25) is 0 Å². The van der Waals surface area contributed by atoms with Gasteiger partial charge in [-0.05, 0) is 6.92 Å². The van der Waals surface area contributed by atoms with Crippen LogP contribution in [0.25, 0.3) is 11.2 Å². The van der Waals surface area contributed by atoms with Crippen LogP contribution in [0.15, 0.2) is 6.33 Å². The molecule has 10 nitrogen and oxygen atoms in total. The number of hydrogen-bond acceptors (Lipinski definition) is 9. The number of ether oxygens (including phenoxy) is 1. The number of nitrogens with two attached hydrogens (primary N) is 2. The second-order valence-corrected chi connectivity index (χ2v) is 5.00. The molecular formula is C11H17ClN6O4. The van der Waals surface area contributed by atoms with Gasteiger partial charge in [-0.25, -0.2) is 4.98 Å². The molecule has 0 aliphatic carbocycles. The molecule has 2 aromatic rings. The number of aliphatic hydroxyl groups is 3. The Morgan fingerprint density at radius 3 is 2.55 bits per heavy atom. The van der Waals surface area contributed by atoms with Gasteiger partial charge in [-0.15, -0.1) is 12.4 Å². The number of aromatic nitrogens is 4. The van der Waals surface area contributed by atoms with E-state index in [1.165, 1.54) is 17.8 Å². The number of anilines is 2. The third kappa shape index (κ3) is 2.44. The van der Waals surface area contributed by atoms with Crippen molar-refractivity contribution in [1.29, 1.82) is 0 Å². The lowest BCUT2D eigenvalue weighted by atomic mass is 10.1. The van der Waals surface area contributed by atoms with E-state index in [0.717, 1.165) is 0 Å². The van der Waals surface area contributed by atoms with Gasteiger partial charge in [0.2, 0.25) is 5.95 Å². The van der Waals surface area contributed by atoms with Gasteiger partial charge in [0, 0.05) is 0 Å². The van der Waals surface area contributed by atoms with Crippen molar-refractivity contribution in [3.05, 3.63) is 6.33 Å². The van der Waals surface area contributed by atoms with Gasteiger partial charge < -0.3 is 31.5 Å². The Kier molecular flexibility index (Phi) is 4.40. The summed E-state index contributed by atoms with van der Waals surface area (Å²) in [6.07, 6.45) is -3.94. The monoisotopic (exact) mass is 332 g/mol. The average molecular weight is 333 g/mol. The number of hydrogen-bond donors (Lipinski definition) is 5. The van der Waals surface area contributed by atoms with Crippen molar-refractivity contribution >= 4 is 35.3 Å². The van der Waals surface area contributed by atoms with Crippen LogP contribution in [-0.2, 0) is 4.74 Å². The number of aliphatic hydroxyl groups excluding tert-OH is 3. The van der Waals surface area contributed by atoms with Crippen molar-refractivity contribution in [1.82, 2.24) is 19.5 Å². The highest BCUT2D eigenvalue weighted by molar-refractivity contribution is 5.85. The minimum Gasteiger partial charge on any atom is -0.391 e. The van der Waals surface area contributed by atoms with Crippen molar-refractivity contribution in [2.75, 3.05) is 11.5 Å². The van der Waals surface area contributed by atoms with Gasteiger partial charge in [0.05, 0.1) is 12.4 Å². The number of fused-ring (bicyclic) bond motifs is 1. The molecule has 1 aliphatic heterocycles. The molecule has 0 radical (unpaired) electrons. The topological polar surface area (TPSA) is 166 Å². The fraction of sp³-hybridized carbons (Fsp3) is 0.545. The minimum absolute atomic E-state index is 0. The van der Waals surface area contributed by atoms with E-state index in [1.807, 2.05) is 0 Å². The average Bonchev–Trinajstić information content (AvgIpc) is 2.93. The highest BCUT2D eigenvalue weighted by Crippen LogP contribution is 2.33. The van der Waals surface area contributed by atoms with Crippen LogP contribution in [0.3, 0.4) is 0 Å². The summed E-state index contributed by atoms with van der Waals surface area (Å²) in [5.74, 6) is 0.0678. The van der Waals surface area contributed by atoms with Gasteiger partial charge in [-0.1, -0.05) is 0 Å². The molecule has 3 heterocycles. The maximum atomic E-state index is 10.1. The molecule has 1 saturated heterocycles. The van der Waals surface area contributed by atoms with Crippen molar-refractivity contribution in [3.8, 4) is 0 Å². The molecule has 1 fully saturated rings. The summed E-state index contributed by atoms with van der Waals surface area (Å²) < 4.78 is 6.91. The first-order valence-electron chi connectivity index (χ1n) is 6.35. The Balaban J connectivity index is 0.00000176. The summed E-state index contributed by atoms with van der Waals surface area (Å²) in [7, 11) is 0. The predicted octanol–water partition coefficient (Wildman–Crippen LogP) is -1.59. The molecule has 0 unspecified atom stereocenters. The fourth-order valence-electron chi connectivity index (χ4n) is 2.46. The van der Waals surface area contributed by atoms with E-state index in [-0.39, 0.29) is 29.8 Å². The predicted molar refractivity (Wildman–Crippen MR) is 79.0 cm³/mol. The van der Waals surface area contributed by atoms with Crippen LogP contribution < -0.4 is 11.5 Å². The van der Waals surface area contributed by atoms with Gasteiger partial charge >= 0.3 is 0 Å². The zero-order valence-electron chi connectivity index (χ0n) is 11.6. The number of rotatable bonds is 2. The molecule has 22 heavy (non-hydrogen) atoms. The molecular weight excluding hydrogens is 316 g/mol. The van der Waals surface area contributed by atoms with Crippen molar-refractivity contribution in [2.24, 2.45) is 0 Å². The van der Waals surface area contributed by atoms with E-state index in [0.29, 0.717) is 5.52 Å². The summed E-state index contributed by atoms with van der Waals surface area (Å²) >= 11 is 0. The van der Waals surface area contributed by atoms with Gasteiger partial charge in [-0.3, -0.25) is 4.57 Å². The standard InChI is InChI=1S/C11H16N6O4.ClH/c1-3(18)7-5(19)6(20)10(21-7)17-2-14-4-8(12)15-11(13)16-9(4)17;/h2-3,5-7,10,18-20H,1H3,(H4,12,13,15,16);1H/t3-,5+,6-,7-,10-;/m1./s1. The molecule has 0 aromatic carbocycles. The number of nitrogens with zero attached hydrogens (tertiary/aromatic N) is 4. The number of nitrogen functional groups attached to an aromatic ring is 2. The Morgan fingerprint density at radius 2 is 1.95 bits per heavy atom. The largest absolute Gasteiger partial charge is 0.391 e. The first-order valence-corrected chi connectivity index (χ1v) is 6.35. The zero-order chi connectivity index (χ0) is 15.3. The summed E-state index contributed by atoms with van der Waals surface area (Å²) in [6.45, 7) is 1.47. The van der Waals surface area contributed by atoms with E-state index in [9.17, 15) is 15.3 Å². The third-order valence-electron chi connectivity index (χ3n) is 3.49. The third-order valence-corrected chi connectivity index (χ3v) is 3.49. The summed E-state index contributed by atoms with van der Waals surface area (Å²) in [6, 6.07) is 0. The lowest BCUT2D eigenvalue weighted by Crippen LogP contribution is -2.37. The van der Waals surface area contributed by atoms with Crippen molar-refractivity contribution in [3.63, 3.8) is 0 Å². The summed E-state index contributed by atoms with van der Waals surface area (Å²) in [5, 5.41) is 29.6. The molecule has 0 spiro atoms. The minimum atomic E-state index is -1.25. The van der Waals surface area contributed by atoms with Crippen LogP contribution in [0, 0.1) is 0 Å². The van der Waals surface area contributed by atoms with E-state index in [4.69, 9.17) is 16.2 Å². The van der Waals surface area contributed by atoms with Gasteiger partial charge in [0.15, 0.2) is 17.7 Å². The van der Waals surface area contributed by atoms with Crippen LogP contribution in [0.1, 0.15) is 13.2 Å². The normalized spacial score (nSPS) is 29.5. The van der Waals surface area contributed by atoms with E-state index < -0.39 is 30.6 Å². The van der Waals surface area contributed by atoms with Gasteiger partial charge in [0.1, 0.15) is 23.8 Å². The van der Waals surface area contributed by atoms with Crippen molar-refractivity contribution in [2.45, 2.75) is 37.6 Å². The Morgan fingerprint density at radius 1 is 1.27 bits per heavy atom. The fourth-order valence-corrected chi connectivity index (χ4v) is 2.46. The maximum absolute atomic E-state index is 10.1. The van der Waals surface area contributed by atoms with E-state index in [2.05, 4.69) is 15.0 Å². The van der Waals surface area contributed by atoms with Crippen molar-refractivity contribution < 1.29 is 20.1 Å². The lowest BCUT2D eigenvalue weighted by molar-refractivity contribution is -0.0777. The maximum Gasteiger partial charge on any atom is 0.224 e. The van der Waals surface area contributed by atoms with Crippen LogP contribution in [0.5, 0.6) is 0 Å². The van der Waals surface area contributed by atoms with Gasteiger partial charge in [0.25, 0.3) is 0 Å². The van der Waals surface area contributed by atoms with Crippen LogP contribution >= 0.6 is 12.4 Å². The first kappa shape index (κ1) is 16.6. The Bertz CT molecular complexity index is 680. The Labute approximate surface area is 131 Å². The second-order valence-electron chi connectivity index (χ2n) is 5.00. The highest BCUT2D eigenvalue weighted by Gasteiger charge is 2.46. The quantitative estimate of drug-likeness (QED) is 0.435. The highest BCUT2D eigenvalue weighted by atomic mass is 35.5. The molecule has 2 aromatic heterocycles. The van der Waals surface area contributed by atoms with E-state index >= 15 is 0 Å². The number of halogens is 1. The smallest absolute Gasteiger partial charge is 0.224 e. The SMILES string of the molecule is C[C@@H](O)[C@H]1O[C@@H](n2cnc3c(N)nc(N)nc32)[C@H](O)[C@@H]1O.Cl.